The molecule has 3 N–H and O–H groups in total. The van der Waals surface area contributed by atoms with E-state index in [1.807, 2.05) is 0 Å². The summed E-state index contributed by atoms with van der Waals surface area (Å²) in [7, 11) is 0. The van der Waals surface area contributed by atoms with E-state index in [2.05, 4.69) is 15.2 Å². The Morgan fingerprint density at radius 2 is 2.05 bits per heavy atom. The molecule has 1 aliphatic rings. The van der Waals surface area contributed by atoms with Gasteiger partial charge in [0.15, 0.2) is 0 Å². The number of nitrogen functional groups attached to an aromatic ring is 1. The van der Waals surface area contributed by atoms with E-state index in [0.29, 0.717) is 18.7 Å². The Kier molecular flexibility index (Phi) is 10.1. The average molecular weight is 337 g/mol. The molecule has 1 aromatic heterocycles. The van der Waals surface area contributed by atoms with Crippen LogP contribution in [0.3, 0.4) is 0 Å². The molecule has 0 aromatic carbocycles. The zero-order valence-electron chi connectivity index (χ0n) is 11.8. The lowest BCUT2D eigenvalue weighted by molar-refractivity contribution is -0.120. The van der Waals surface area contributed by atoms with Gasteiger partial charge in [0.1, 0.15) is 0 Å². The Morgan fingerprint density at radius 1 is 1.33 bits per heavy atom. The maximum absolute atomic E-state index is 11.7. The Labute approximate surface area is 137 Å². The molecule has 6 nitrogen and oxygen atoms in total. The van der Waals surface area contributed by atoms with E-state index in [4.69, 9.17) is 10.5 Å². The molecule has 21 heavy (non-hydrogen) atoms. The number of carbonyl (C=O) groups is 1. The molecule has 0 atom stereocenters. The zero-order chi connectivity index (χ0) is 13.5. The van der Waals surface area contributed by atoms with Gasteiger partial charge < -0.3 is 15.8 Å². The number of halogens is 2. The molecule has 1 amide bonds. The number of nitrogens with one attached hydrogen (secondary N) is 1. The Balaban J connectivity index is 0.00000200. The summed E-state index contributed by atoms with van der Waals surface area (Å²) in [4.78, 5) is 18.1. The number of pyridine rings is 1. The maximum Gasteiger partial charge on any atom is 0.226 e. The third kappa shape index (κ3) is 7.47. The normalized spacial score (nSPS) is 14.7. The van der Waals surface area contributed by atoms with Crippen molar-refractivity contribution in [1.82, 2.24) is 15.2 Å². The number of nitrogens with two attached hydrogens (primary N) is 1. The van der Waals surface area contributed by atoms with Crippen LogP contribution in [0.5, 0.6) is 0 Å². The van der Waals surface area contributed by atoms with Crippen molar-refractivity contribution >= 4 is 36.4 Å². The van der Waals surface area contributed by atoms with Crippen molar-refractivity contribution < 1.29 is 9.53 Å². The maximum atomic E-state index is 11.7. The van der Waals surface area contributed by atoms with Gasteiger partial charge >= 0.3 is 0 Å². The number of nitrogens with zero attached hydrogens (tertiary/aromatic N) is 2. The third-order valence-corrected chi connectivity index (χ3v) is 3.04. The van der Waals surface area contributed by atoms with Crippen molar-refractivity contribution in [2.45, 2.75) is 6.42 Å². The number of morpholine rings is 1. The summed E-state index contributed by atoms with van der Waals surface area (Å²) in [5, 5.41) is 2.90. The SMILES string of the molecule is Cl.Cl.Nc1ccc(CC(=O)NCCN2CCOCC2)nc1. The van der Waals surface area contributed by atoms with Crippen LogP contribution in [0, 0.1) is 0 Å². The first kappa shape index (κ1) is 19.9. The summed E-state index contributed by atoms with van der Waals surface area (Å²) in [5.41, 5.74) is 6.88. The smallest absolute Gasteiger partial charge is 0.226 e. The van der Waals surface area contributed by atoms with Crippen molar-refractivity contribution in [3.05, 3.63) is 24.0 Å². The van der Waals surface area contributed by atoms with Gasteiger partial charge in [-0.15, -0.1) is 24.8 Å². The number of carbonyl (C=O) groups excluding carboxylic acids is 1. The highest BCUT2D eigenvalue weighted by atomic mass is 35.5. The molecule has 2 heterocycles. The van der Waals surface area contributed by atoms with E-state index in [9.17, 15) is 4.79 Å². The van der Waals surface area contributed by atoms with Crippen molar-refractivity contribution in [1.29, 1.82) is 0 Å². The summed E-state index contributed by atoms with van der Waals surface area (Å²) >= 11 is 0. The van der Waals surface area contributed by atoms with Gasteiger partial charge in [-0.05, 0) is 12.1 Å². The highest BCUT2D eigenvalue weighted by molar-refractivity contribution is 5.85. The molecular formula is C13H22Cl2N4O2. The second kappa shape index (κ2) is 10.6. The Morgan fingerprint density at radius 3 is 2.67 bits per heavy atom. The lowest BCUT2D eigenvalue weighted by atomic mass is 10.2. The van der Waals surface area contributed by atoms with Crippen molar-refractivity contribution in [2.24, 2.45) is 0 Å². The molecule has 0 spiro atoms. The second-order valence-corrected chi connectivity index (χ2v) is 4.56. The molecule has 1 aromatic rings. The van der Waals surface area contributed by atoms with Gasteiger partial charge in [-0.3, -0.25) is 14.7 Å². The topological polar surface area (TPSA) is 80.5 Å². The molecule has 1 saturated heterocycles. The molecule has 2 rings (SSSR count). The van der Waals surface area contributed by atoms with Gasteiger partial charge in [-0.25, -0.2) is 0 Å². The molecule has 0 bridgehead atoms. The highest BCUT2D eigenvalue weighted by Gasteiger charge is 2.10. The Hall–Kier alpha value is -1.08. The van der Waals surface area contributed by atoms with Crippen LogP contribution >= 0.6 is 24.8 Å². The summed E-state index contributed by atoms with van der Waals surface area (Å²) in [6.45, 7) is 4.97. The molecule has 0 radical (unpaired) electrons. The lowest BCUT2D eigenvalue weighted by Crippen LogP contribution is -2.41. The molecule has 0 saturated carbocycles. The van der Waals surface area contributed by atoms with E-state index < -0.39 is 0 Å². The molecule has 0 unspecified atom stereocenters. The molecule has 0 aliphatic carbocycles. The first-order valence-electron chi connectivity index (χ1n) is 6.51. The predicted octanol–water partition coefficient (Wildman–Crippen LogP) is 0.498. The fourth-order valence-corrected chi connectivity index (χ4v) is 1.95. The summed E-state index contributed by atoms with van der Waals surface area (Å²) in [5.74, 6) is -0.00877. The van der Waals surface area contributed by atoms with Crippen molar-refractivity contribution in [3.8, 4) is 0 Å². The molecule has 120 valence electrons. The van der Waals surface area contributed by atoms with Crippen LogP contribution in [0.25, 0.3) is 0 Å². The average Bonchev–Trinajstić information content (AvgIpc) is 2.43. The highest BCUT2D eigenvalue weighted by Crippen LogP contribution is 2.01. The van der Waals surface area contributed by atoms with Crippen LogP contribution in [0.1, 0.15) is 5.69 Å². The summed E-state index contributed by atoms with van der Waals surface area (Å²) < 4.78 is 5.27. The number of anilines is 1. The predicted molar refractivity (Wildman–Crippen MR) is 87.1 cm³/mol. The Bertz CT molecular complexity index is 411. The number of ether oxygens (including phenoxy) is 1. The van der Waals surface area contributed by atoms with E-state index in [1.165, 1.54) is 0 Å². The number of hydrogen-bond donors (Lipinski definition) is 2. The standard InChI is InChI=1S/C13H20N4O2.2ClH/c14-11-1-2-12(16-10-11)9-13(18)15-3-4-17-5-7-19-8-6-17;;/h1-2,10H,3-9,14H2,(H,15,18);2*1H. The van der Waals surface area contributed by atoms with Crippen LogP contribution in [-0.2, 0) is 16.0 Å². The molecule has 1 fully saturated rings. The minimum Gasteiger partial charge on any atom is -0.397 e. The number of rotatable bonds is 5. The van der Waals surface area contributed by atoms with Gasteiger partial charge in [-0.1, -0.05) is 0 Å². The van der Waals surface area contributed by atoms with Gasteiger partial charge in [0.05, 0.1) is 31.5 Å². The number of amides is 1. The van der Waals surface area contributed by atoms with E-state index in [-0.39, 0.29) is 30.7 Å². The molecule has 1 aliphatic heterocycles. The van der Waals surface area contributed by atoms with Gasteiger partial charge in [0.25, 0.3) is 0 Å². The largest absolute Gasteiger partial charge is 0.397 e. The quantitative estimate of drug-likeness (QED) is 0.818. The number of aromatic nitrogens is 1. The minimum absolute atomic E-state index is 0. The van der Waals surface area contributed by atoms with E-state index >= 15 is 0 Å². The second-order valence-electron chi connectivity index (χ2n) is 4.56. The van der Waals surface area contributed by atoms with Gasteiger partial charge in [0, 0.05) is 31.9 Å². The van der Waals surface area contributed by atoms with Crippen LogP contribution in [0.2, 0.25) is 0 Å². The first-order chi connectivity index (χ1) is 9.24. The minimum atomic E-state index is -0.00877. The van der Waals surface area contributed by atoms with Crippen LogP contribution < -0.4 is 11.1 Å². The van der Waals surface area contributed by atoms with Crippen LogP contribution in [-0.4, -0.2) is 55.2 Å². The molecule has 8 heteroatoms. The monoisotopic (exact) mass is 336 g/mol. The fraction of sp³-hybridized carbons (Fsp3) is 0.538. The summed E-state index contributed by atoms with van der Waals surface area (Å²) in [6, 6.07) is 3.53. The van der Waals surface area contributed by atoms with E-state index in [0.717, 1.165) is 38.5 Å². The van der Waals surface area contributed by atoms with Crippen LogP contribution in [0.4, 0.5) is 5.69 Å². The van der Waals surface area contributed by atoms with Gasteiger partial charge in [-0.2, -0.15) is 0 Å². The summed E-state index contributed by atoms with van der Waals surface area (Å²) in [6.07, 6.45) is 1.86. The number of hydrogen-bond acceptors (Lipinski definition) is 5. The van der Waals surface area contributed by atoms with Crippen molar-refractivity contribution in [3.63, 3.8) is 0 Å². The fourth-order valence-electron chi connectivity index (χ4n) is 1.95. The van der Waals surface area contributed by atoms with Crippen molar-refractivity contribution in [2.75, 3.05) is 45.1 Å². The first-order valence-corrected chi connectivity index (χ1v) is 6.51. The zero-order valence-corrected chi connectivity index (χ0v) is 13.4. The molecular weight excluding hydrogens is 315 g/mol. The van der Waals surface area contributed by atoms with E-state index in [1.54, 1.807) is 18.3 Å². The van der Waals surface area contributed by atoms with Crippen LogP contribution in [0.15, 0.2) is 18.3 Å². The lowest BCUT2D eigenvalue weighted by Gasteiger charge is -2.26. The third-order valence-electron chi connectivity index (χ3n) is 3.04. The van der Waals surface area contributed by atoms with Gasteiger partial charge in [0.2, 0.25) is 5.91 Å².